The van der Waals surface area contributed by atoms with E-state index in [1.165, 1.54) is 11.8 Å². The maximum Gasteiger partial charge on any atom is 0.227 e. The second kappa shape index (κ2) is 9.96. The van der Waals surface area contributed by atoms with Crippen LogP contribution in [-0.4, -0.2) is 46.7 Å². The fourth-order valence-corrected chi connectivity index (χ4v) is 4.78. The number of carbonyl (C=O) groups excluding carboxylic acids is 1. The van der Waals surface area contributed by atoms with Crippen molar-refractivity contribution in [3.8, 4) is 0 Å². The number of rotatable bonds is 7. The van der Waals surface area contributed by atoms with Gasteiger partial charge in [0.25, 0.3) is 0 Å². The maximum atomic E-state index is 12.6. The number of carbonyl (C=O) groups is 1. The first-order chi connectivity index (χ1) is 14.8. The lowest BCUT2D eigenvalue weighted by Crippen LogP contribution is -2.38. The molecule has 7 nitrogen and oxygen atoms in total. The molecule has 0 saturated heterocycles. The molecule has 8 heteroatoms. The number of hydrogen-bond acceptors (Lipinski definition) is 4. The van der Waals surface area contributed by atoms with E-state index in [9.17, 15) is 13.2 Å². The summed E-state index contributed by atoms with van der Waals surface area (Å²) >= 11 is 0. The summed E-state index contributed by atoms with van der Waals surface area (Å²) in [7, 11) is -1.52. The minimum Gasteiger partial charge on any atom is -0.356 e. The van der Waals surface area contributed by atoms with Crippen molar-refractivity contribution in [3.05, 3.63) is 59.2 Å². The van der Waals surface area contributed by atoms with Gasteiger partial charge in [-0.3, -0.25) is 9.79 Å². The summed E-state index contributed by atoms with van der Waals surface area (Å²) in [6, 6.07) is 13.4. The van der Waals surface area contributed by atoms with Crippen LogP contribution in [0.15, 0.2) is 52.4 Å². The summed E-state index contributed by atoms with van der Waals surface area (Å²) in [5.74, 6) is 0.792. The minimum atomic E-state index is -3.22. The fraction of sp³-hybridized carbons (Fsp3) is 0.391. The van der Waals surface area contributed by atoms with Gasteiger partial charge in [0.15, 0.2) is 15.8 Å². The summed E-state index contributed by atoms with van der Waals surface area (Å²) in [6.45, 7) is 3.70. The number of anilines is 1. The van der Waals surface area contributed by atoms with E-state index in [1.807, 2.05) is 29.2 Å². The highest BCUT2D eigenvalue weighted by molar-refractivity contribution is 7.90. The molecule has 1 aliphatic rings. The van der Waals surface area contributed by atoms with E-state index >= 15 is 0 Å². The molecule has 3 rings (SSSR count). The lowest BCUT2D eigenvalue weighted by atomic mass is 10.1. The number of sulfone groups is 1. The number of aliphatic imine (C=N–C) groups is 1. The quantitative estimate of drug-likeness (QED) is 0.390. The first-order valence-corrected chi connectivity index (χ1v) is 12.3. The van der Waals surface area contributed by atoms with Crippen LogP contribution in [0.2, 0.25) is 0 Å². The van der Waals surface area contributed by atoms with Gasteiger partial charge in [0.2, 0.25) is 5.91 Å². The SMILES string of the molecule is CN=C(NCCCC(=O)N1CCc2ccccc21)NCc1ccc(S(C)(=O)=O)c(C)c1. The van der Waals surface area contributed by atoms with Crippen LogP contribution in [0.25, 0.3) is 0 Å². The van der Waals surface area contributed by atoms with Crippen molar-refractivity contribution in [2.75, 3.05) is 31.3 Å². The molecule has 2 aromatic carbocycles. The van der Waals surface area contributed by atoms with E-state index < -0.39 is 9.84 Å². The van der Waals surface area contributed by atoms with E-state index in [0.717, 1.165) is 29.8 Å². The molecule has 0 bridgehead atoms. The van der Waals surface area contributed by atoms with Crippen LogP contribution in [0.1, 0.15) is 29.5 Å². The molecule has 0 fully saturated rings. The van der Waals surface area contributed by atoms with Crippen LogP contribution in [0.3, 0.4) is 0 Å². The normalized spacial score (nSPS) is 13.8. The van der Waals surface area contributed by atoms with Crippen molar-refractivity contribution < 1.29 is 13.2 Å². The number of fused-ring (bicyclic) bond motifs is 1. The Labute approximate surface area is 184 Å². The number of amides is 1. The Bertz CT molecular complexity index is 1080. The molecule has 0 radical (unpaired) electrons. The number of para-hydroxylation sites is 1. The Morgan fingerprint density at radius 1 is 1.16 bits per heavy atom. The lowest BCUT2D eigenvalue weighted by molar-refractivity contribution is -0.118. The van der Waals surface area contributed by atoms with Crippen LogP contribution in [-0.2, 0) is 27.6 Å². The Morgan fingerprint density at radius 3 is 2.65 bits per heavy atom. The van der Waals surface area contributed by atoms with Crippen molar-refractivity contribution in [1.29, 1.82) is 0 Å². The second-order valence-electron chi connectivity index (χ2n) is 7.75. The second-order valence-corrected chi connectivity index (χ2v) is 9.74. The third kappa shape index (κ3) is 5.85. The lowest BCUT2D eigenvalue weighted by Gasteiger charge is -2.17. The van der Waals surface area contributed by atoms with E-state index in [-0.39, 0.29) is 5.91 Å². The smallest absolute Gasteiger partial charge is 0.227 e. The first kappa shape index (κ1) is 22.8. The van der Waals surface area contributed by atoms with Gasteiger partial charge >= 0.3 is 0 Å². The molecule has 31 heavy (non-hydrogen) atoms. The number of hydrogen-bond donors (Lipinski definition) is 2. The molecular weight excluding hydrogens is 412 g/mol. The van der Waals surface area contributed by atoms with E-state index in [1.54, 1.807) is 26.1 Å². The first-order valence-electron chi connectivity index (χ1n) is 10.4. The highest BCUT2D eigenvalue weighted by Crippen LogP contribution is 2.28. The molecule has 0 saturated carbocycles. The third-order valence-electron chi connectivity index (χ3n) is 5.37. The van der Waals surface area contributed by atoms with Crippen LogP contribution in [0, 0.1) is 6.92 Å². The van der Waals surface area contributed by atoms with Crippen molar-refractivity contribution in [2.24, 2.45) is 4.99 Å². The molecular formula is C23H30N4O3S. The largest absolute Gasteiger partial charge is 0.356 e. The Kier molecular flexibility index (Phi) is 7.33. The van der Waals surface area contributed by atoms with Crippen LogP contribution in [0.4, 0.5) is 5.69 Å². The molecule has 0 aliphatic carbocycles. The van der Waals surface area contributed by atoms with E-state index in [0.29, 0.717) is 36.8 Å². The average Bonchev–Trinajstić information content (AvgIpc) is 3.16. The Hall–Kier alpha value is -2.87. The number of nitrogens with one attached hydrogen (secondary N) is 2. The highest BCUT2D eigenvalue weighted by atomic mass is 32.2. The minimum absolute atomic E-state index is 0.149. The monoisotopic (exact) mass is 442 g/mol. The van der Waals surface area contributed by atoms with E-state index in [4.69, 9.17) is 0 Å². The van der Waals surface area contributed by atoms with Crippen molar-refractivity contribution in [1.82, 2.24) is 10.6 Å². The van der Waals surface area contributed by atoms with Gasteiger partial charge < -0.3 is 15.5 Å². The van der Waals surface area contributed by atoms with Gasteiger partial charge in [-0.05, 0) is 48.6 Å². The molecule has 2 aromatic rings. The summed E-state index contributed by atoms with van der Waals surface area (Å²) in [5, 5.41) is 6.45. The van der Waals surface area contributed by atoms with Crippen LogP contribution >= 0.6 is 0 Å². The summed E-state index contributed by atoms with van der Waals surface area (Å²) in [4.78, 5) is 19.0. The van der Waals surface area contributed by atoms with Gasteiger partial charge in [0, 0.05) is 45.0 Å². The molecule has 0 spiro atoms. The standard InChI is InChI=1S/C23H30N4O3S/c1-17-15-18(10-11-21(17)31(3,29)30)16-26-23(24-2)25-13-6-9-22(28)27-14-12-19-7-4-5-8-20(19)27/h4-5,7-8,10-11,15H,6,9,12-14,16H2,1-3H3,(H2,24,25,26). The van der Waals surface area contributed by atoms with Crippen LogP contribution < -0.4 is 15.5 Å². The van der Waals surface area contributed by atoms with Gasteiger partial charge in [-0.15, -0.1) is 0 Å². The van der Waals surface area contributed by atoms with Gasteiger partial charge in [0.05, 0.1) is 4.90 Å². The third-order valence-corrected chi connectivity index (χ3v) is 6.63. The Morgan fingerprint density at radius 2 is 1.94 bits per heavy atom. The Balaban J connectivity index is 1.43. The van der Waals surface area contributed by atoms with Gasteiger partial charge in [-0.1, -0.05) is 30.3 Å². The fourth-order valence-electron chi connectivity index (χ4n) is 3.82. The van der Waals surface area contributed by atoms with Crippen molar-refractivity contribution in [2.45, 2.75) is 37.6 Å². The van der Waals surface area contributed by atoms with E-state index in [2.05, 4.69) is 21.7 Å². The zero-order valence-electron chi connectivity index (χ0n) is 18.3. The summed E-state index contributed by atoms with van der Waals surface area (Å²) in [6.07, 6.45) is 3.32. The van der Waals surface area contributed by atoms with Crippen molar-refractivity contribution in [3.63, 3.8) is 0 Å². The zero-order valence-corrected chi connectivity index (χ0v) is 19.1. The van der Waals surface area contributed by atoms with Crippen molar-refractivity contribution >= 4 is 27.4 Å². The molecule has 0 unspecified atom stereocenters. The molecule has 166 valence electrons. The summed E-state index contributed by atoms with van der Waals surface area (Å²) < 4.78 is 23.5. The molecule has 1 aliphatic heterocycles. The topological polar surface area (TPSA) is 90.9 Å². The molecule has 0 aromatic heterocycles. The molecule has 1 amide bonds. The van der Waals surface area contributed by atoms with Gasteiger partial charge in [-0.2, -0.15) is 0 Å². The average molecular weight is 443 g/mol. The predicted octanol–water partition coefficient (Wildman–Crippen LogP) is 2.43. The molecule has 2 N–H and O–H groups in total. The number of nitrogens with zero attached hydrogens (tertiary/aromatic N) is 2. The molecule has 1 heterocycles. The molecule has 0 atom stereocenters. The number of aryl methyl sites for hydroxylation is 1. The zero-order chi connectivity index (χ0) is 22.4. The summed E-state index contributed by atoms with van der Waals surface area (Å²) in [5.41, 5.74) is 3.97. The number of guanidine groups is 1. The predicted molar refractivity (Wildman–Crippen MR) is 124 cm³/mol. The van der Waals surface area contributed by atoms with Gasteiger partial charge in [0.1, 0.15) is 0 Å². The number of benzene rings is 2. The van der Waals surface area contributed by atoms with Crippen LogP contribution in [0.5, 0.6) is 0 Å². The highest BCUT2D eigenvalue weighted by Gasteiger charge is 2.23. The maximum absolute atomic E-state index is 12.6. The van der Waals surface area contributed by atoms with Gasteiger partial charge in [-0.25, -0.2) is 8.42 Å².